The summed E-state index contributed by atoms with van der Waals surface area (Å²) in [6.45, 7) is 2.09. The van der Waals surface area contributed by atoms with Crippen LogP contribution >= 0.6 is 0 Å². The minimum absolute atomic E-state index is 0.0942. The van der Waals surface area contributed by atoms with Crippen molar-refractivity contribution in [1.29, 1.82) is 0 Å². The highest BCUT2D eigenvalue weighted by molar-refractivity contribution is 5.83. The Labute approximate surface area is 186 Å². The molecule has 2 aromatic rings. The van der Waals surface area contributed by atoms with Crippen LogP contribution < -0.4 is 4.74 Å². The summed E-state index contributed by atoms with van der Waals surface area (Å²) in [5.41, 5.74) is -1.74. The zero-order valence-electron chi connectivity index (χ0n) is 17.7. The Bertz CT molecular complexity index is 997. The molecule has 1 aliphatic carbocycles. The molecule has 1 nitrogen and oxygen atoms in total. The normalized spacial score (nSPS) is 19.9. The molecule has 1 saturated carbocycles. The Balaban J connectivity index is 1.86. The van der Waals surface area contributed by atoms with Crippen molar-refractivity contribution in [3.8, 4) is 5.75 Å². The summed E-state index contributed by atoms with van der Waals surface area (Å²) in [6.07, 6.45) is 0.283. The third-order valence-corrected chi connectivity index (χ3v) is 5.90. The SMILES string of the molecule is CCCC1CCC(c2cc(F)c(C(F)=C(F)c3ccc(OC(F)(F)F)c(F)c3)c(F)c2)CC1. The van der Waals surface area contributed by atoms with Crippen LogP contribution in [-0.2, 0) is 0 Å². The second-order valence-electron chi connectivity index (χ2n) is 8.19. The lowest BCUT2D eigenvalue weighted by molar-refractivity contribution is -0.275. The van der Waals surface area contributed by atoms with E-state index in [1.54, 1.807) is 0 Å². The van der Waals surface area contributed by atoms with Crippen molar-refractivity contribution >= 4 is 11.7 Å². The molecule has 0 bridgehead atoms. The predicted molar refractivity (Wildman–Crippen MR) is 108 cm³/mol. The Morgan fingerprint density at radius 2 is 1.48 bits per heavy atom. The molecule has 0 heterocycles. The molecule has 0 aliphatic heterocycles. The molecule has 33 heavy (non-hydrogen) atoms. The van der Waals surface area contributed by atoms with Crippen LogP contribution in [0.3, 0.4) is 0 Å². The molecule has 0 saturated heterocycles. The van der Waals surface area contributed by atoms with Crippen LogP contribution in [0.15, 0.2) is 30.3 Å². The van der Waals surface area contributed by atoms with E-state index in [1.165, 1.54) is 0 Å². The first-order valence-corrected chi connectivity index (χ1v) is 10.6. The van der Waals surface area contributed by atoms with Gasteiger partial charge in [-0.1, -0.05) is 19.8 Å². The fourth-order valence-electron chi connectivity index (χ4n) is 4.31. The molecule has 0 radical (unpaired) electrons. The Hall–Kier alpha value is -2.58. The van der Waals surface area contributed by atoms with Crippen LogP contribution in [0.5, 0.6) is 5.75 Å². The molecule has 9 heteroatoms. The summed E-state index contributed by atoms with van der Waals surface area (Å²) in [5.74, 6) is -8.77. The third kappa shape index (κ3) is 6.06. The fraction of sp³-hybridized carbons (Fsp3) is 0.417. The van der Waals surface area contributed by atoms with Gasteiger partial charge in [-0.05, 0) is 73.4 Å². The van der Waals surface area contributed by atoms with Crippen LogP contribution in [-0.4, -0.2) is 6.36 Å². The van der Waals surface area contributed by atoms with Gasteiger partial charge in [0.15, 0.2) is 23.2 Å². The number of halogens is 8. The second kappa shape index (κ2) is 10.1. The van der Waals surface area contributed by atoms with Crippen molar-refractivity contribution in [3.63, 3.8) is 0 Å². The van der Waals surface area contributed by atoms with Crippen molar-refractivity contribution in [3.05, 3.63) is 64.5 Å². The average molecular weight is 478 g/mol. The van der Waals surface area contributed by atoms with Gasteiger partial charge in [0, 0.05) is 5.56 Å². The highest BCUT2D eigenvalue weighted by atomic mass is 19.4. The number of ether oxygens (including phenoxy) is 1. The van der Waals surface area contributed by atoms with Gasteiger partial charge in [-0.3, -0.25) is 0 Å². The summed E-state index contributed by atoms with van der Waals surface area (Å²) in [7, 11) is 0. The largest absolute Gasteiger partial charge is 0.573 e. The van der Waals surface area contributed by atoms with Crippen molar-refractivity contribution in [1.82, 2.24) is 0 Å². The summed E-state index contributed by atoms with van der Waals surface area (Å²) in [6, 6.07) is 3.23. The number of benzene rings is 2. The lowest BCUT2D eigenvalue weighted by Crippen LogP contribution is -2.17. The first kappa shape index (κ1) is 25.1. The summed E-state index contributed by atoms with van der Waals surface area (Å²) >= 11 is 0. The number of rotatable bonds is 6. The average Bonchev–Trinajstić information content (AvgIpc) is 2.74. The van der Waals surface area contributed by atoms with Gasteiger partial charge < -0.3 is 4.74 Å². The quantitative estimate of drug-likeness (QED) is 0.298. The minimum atomic E-state index is -5.19. The standard InChI is InChI=1S/C24H22F8O/c1-2-3-13-4-6-14(7-5-13)16-11-18(26)21(19(27)12-16)23(29)22(28)15-8-9-20(17(25)10-15)33-24(30,31)32/h8-14H,2-7H2,1H3. The van der Waals surface area contributed by atoms with E-state index >= 15 is 0 Å². The van der Waals surface area contributed by atoms with E-state index in [-0.39, 0.29) is 12.0 Å². The molecular weight excluding hydrogens is 456 g/mol. The van der Waals surface area contributed by atoms with Gasteiger partial charge in [0.05, 0.1) is 5.56 Å². The lowest BCUT2D eigenvalue weighted by Gasteiger charge is -2.28. The van der Waals surface area contributed by atoms with Crippen LogP contribution in [0.2, 0.25) is 0 Å². The van der Waals surface area contributed by atoms with E-state index in [0.717, 1.165) is 50.7 Å². The number of hydrogen-bond acceptors (Lipinski definition) is 1. The molecule has 0 aromatic heterocycles. The monoisotopic (exact) mass is 478 g/mol. The molecule has 3 rings (SSSR count). The van der Waals surface area contributed by atoms with Gasteiger partial charge in [-0.2, -0.15) is 0 Å². The van der Waals surface area contributed by atoms with E-state index < -0.39 is 52.3 Å². The Morgan fingerprint density at radius 1 is 0.879 bits per heavy atom. The topological polar surface area (TPSA) is 9.23 Å². The maximum Gasteiger partial charge on any atom is 0.573 e. The smallest absolute Gasteiger partial charge is 0.403 e. The zero-order valence-corrected chi connectivity index (χ0v) is 17.7. The molecule has 2 aromatic carbocycles. The highest BCUT2D eigenvalue weighted by Crippen LogP contribution is 2.40. The van der Waals surface area contributed by atoms with Crippen molar-refractivity contribution in [2.75, 3.05) is 0 Å². The van der Waals surface area contributed by atoms with E-state index in [1.807, 2.05) is 0 Å². The highest BCUT2D eigenvalue weighted by Gasteiger charge is 2.33. The summed E-state index contributed by atoms with van der Waals surface area (Å²) in [5, 5.41) is 0. The minimum Gasteiger partial charge on any atom is -0.403 e. The van der Waals surface area contributed by atoms with Crippen molar-refractivity contribution in [2.24, 2.45) is 5.92 Å². The van der Waals surface area contributed by atoms with E-state index in [4.69, 9.17) is 0 Å². The predicted octanol–water partition coefficient (Wildman–Crippen LogP) is 8.84. The fourth-order valence-corrected chi connectivity index (χ4v) is 4.31. The van der Waals surface area contributed by atoms with Gasteiger partial charge in [-0.15, -0.1) is 13.2 Å². The molecule has 0 amide bonds. The van der Waals surface area contributed by atoms with E-state index in [0.29, 0.717) is 23.6 Å². The van der Waals surface area contributed by atoms with Crippen LogP contribution in [0.1, 0.15) is 68.1 Å². The van der Waals surface area contributed by atoms with Crippen LogP contribution in [0.4, 0.5) is 35.1 Å². The molecule has 1 fully saturated rings. The molecular formula is C24H22F8O. The maximum atomic E-state index is 14.6. The zero-order chi connectivity index (χ0) is 24.3. The third-order valence-electron chi connectivity index (χ3n) is 5.90. The first-order valence-electron chi connectivity index (χ1n) is 10.6. The maximum absolute atomic E-state index is 14.6. The summed E-state index contributed by atoms with van der Waals surface area (Å²) < 4.78 is 112. The lowest BCUT2D eigenvalue weighted by atomic mass is 9.77. The van der Waals surface area contributed by atoms with Gasteiger partial charge in [0.2, 0.25) is 0 Å². The van der Waals surface area contributed by atoms with Crippen LogP contribution in [0.25, 0.3) is 11.7 Å². The van der Waals surface area contributed by atoms with Gasteiger partial charge in [-0.25, -0.2) is 22.0 Å². The Kier molecular flexibility index (Phi) is 7.69. The van der Waals surface area contributed by atoms with Crippen molar-refractivity contribution in [2.45, 2.75) is 57.7 Å². The molecule has 0 N–H and O–H groups in total. The van der Waals surface area contributed by atoms with Crippen LogP contribution in [0, 0.1) is 23.4 Å². The van der Waals surface area contributed by atoms with Crippen molar-refractivity contribution < 1.29 is 39.9 Å². The molecule has 180 valence electrons. The molecule has 0 unspecified atom stereocenters. The second-order valence-corrected chi connectivity index (χ2v) is 8.19. The molecule has 0 spiro atoms. The van der Waals surface area contributed by atoms with Gasteiger partial charge in [0.1, 0.15) is 11.6 Å². The van der Waals surface area contributed by atoms with E-state index in [9.17, 15) is 35.1 Å². The first-order chi connectivity index (χ1) is 15.5. The van der Waals surface area contributed by atoms with Gasteiger partial charge >= 0.3 is 6.36 Å². The molecule has 1 aliphatic rings. The number of alkyl halides is 3. The van der Waals surface area contributed by atoms with E-state index in [2.05, 4.69) is 11.7 Å². The Morgan fingerprint density at radius 3 is 2.00 bits per heavy atom. The molecule has 0 atom stereocenters. The number of hydrogen-bond donors (Lipinski definition) is 0. The summed E-state index contributed by atoms with van der Waals surface area (Å²) in [4.78, 5) is 0. The van der Waals surface area contributed by atoms with Gasteiger partial charge in [0.25, 0.3) is 0 Å².